The lowest BCUT2D eigenvalue weighted by Gasteiger charge is -2.32. The average molecular weight is 246 g/mol. The van der Waals surface area contributed by atoms with Crippen LogP contribution in [-0.4, -0.2) is 57.5 Å². The van der Waals surface area contributed by atoms with Gasteiger partial charge < -0.3 is 10.2 Å². The Hall–Kier alpha value is -0.130. The Labute approximate surface area is 98.3 Å². The molecule has 0 aliphatic carbocycles. The summed E-state index contributed by atoms with van der Waals surface area (Å²) in [6.45, 7) is 5.43. The fourth-order valence-electron chi connectivity index (χ4n) is 2.86. The van der Waals surface area contributed by atoms with Crippen molar-refractivity contribution in [1.82, 2.24) is 10.2 Å². The second kappa shape index (κ2) is 4.27. The quantitative estimate of drug-likeness (QED) is 0.767. The van der Waals surface area contributed by atoms with Crippen LogP contribution in [0.4, 0.5) is 0 Å². The highest BCUT2D eigenvalue weighted by Crippen LogP contribution is 2.27. The molecule has 94 valence electrons. The Bertz CT molecular complexity index is 347. The highest BCUT2D eigenvalue weighted by atomic mass is 32.2. The minimum Gasteiger partial charge on any atom is -0.316 e. The van der Waals surface area contributed by atoms with Gasteiger partial charge in [0.1, 0.15) is 0 Å². The van der Waals surface area contributed by atoms with Crippen LogP contribution in [0.3, 0.4) is 0 Å². The molecule has 0 aromatic heterocycles. The third-order valence-corrected chi connectivity index (χ3v) is 5.67. The van der Waals surface area contributed by atoms with Gasteiger partial charge in [-0.15, -0.1) is 0 Å². The van der Waals surface area contributed by atoms with E-state index in [4.69, 9.17) is 0 Å². The maximum atomic E-state index is 11.4. The van der Waals surface area contributed by atoms with Crippen molar-refractivity contribution in [2.24, 2.45) is 5.41 Å². The molecule has 2 atom stereocenters. The van der Waals surface area contributed by atoms with Gasteiger partial charge in [0.2, 0.25) is 0 Å². The fourth-order valence-corrected chi connectivity index (χ4v) is 4.66. The Morgan fingerprint density at radius 3 is 2.75 bits per heavy atom. The summed E-state index contributed by atoms with van der Waals surface area (Å²) in [7, 11) is -0.687. The van der Waals surface area contributed by atoms with Crippen LogP contribution in [0, 0.1) is 5.41 Å². The molecule has 0 saturated carbocycles. The van der Waals surface area contributed by atoms with Crippen molar-refractivity contribution in [3.05, 3.63) is 0 Å². The molecule has 2 aliphatic heterocycles. The predicted molar refractivity (Wildman–Crippen MR) is 65.3 cm³/mol. The van der Waals surface area contributed by atoms with Gasteiger partial charge in [0.05, 0.1) is 11.5 Å². The van der Waals surface area contributed by atoms with E-state index in [2.05, 4.69) is 24.2 Å². The molecule has 5 heteroatoms. The van der Waals surface area contributed by atoms with Crippen LogP contribution in [0.25, 0.3) is 0 Å². The van der Waals surface area contributed by atoms with E-state index in [1.54, 1.807) is 0 Å². The third-order valence-electron chi connectivity index (χ3n) is 3.92. The van der Waals surface area contributed by atoms with Crippen molar-refractivity contribution in [2.75, 3.05) is 38.2 Å². The molecule has 0 aromatic carbocycles. The van der Waals surface area contributed by atoms with E-state index in [-0.39, 0.29) is 6.04 Å². The van der Waals surface area contributed by atoms with Crippen LogP contribution in [0.15, 0.2) is 0 Å². The number of hydrogen-bond donors (Lipinski definition) is 1. The van der Waals surface area contributed by atoms with Gasteiger partial charge in [-0.3, -0.25) is 0 Å². The molecule has 0 aromatic rings. The molecule has 2 unspecified atom stereocenters. The van der Waals surface area contributed by atoms with Crippen molar-refractivity contribution < 1.29 is 8.42 Å². The van der Waals surface area contributed by atoms with Gasteiger partial charge in [-0.1, -0.05) is 6.92 Å². The summed E-state index contributed by atoms with van der Waals surface area (Å²) in [6.07, 6.45) is 2.00. The van der Waals surface area contributed by atoms with Gasteiger partial charge in [-0.05, 0) is 31.8 Å². The van der Waals surface area contributed by atoms with E-state index in [0.29, 0.717) is 16.9 Å². The molecule has 0 bridgehead atoms. The number of sulfone groups is 1. The highest BCUT2D eigenvalue weighted by Gasteiger charge is 2.35. The van der Waals surface area contributed by atoms with Crippen LogP contribution in [0.2, 0.25) is 0 Å². The third kappa shape index (κ3) is 2.76. The first-order chi connectivity index (χ1) is 7.40. The fraction of sp³-hybridized carbons (Fsp3) is 1.00. The first-order valence-corrected chi connectivity index (χ1v) is 7.84. The Morgan fingerprint density at radius 1 is 1.50 bits per heavy atom. The Balaban J connectivity index is 1.91. The zero-order valence-electron chi connectivity index (χ0n) is 10.2. The van der Waals surface area contributed by atoms with E-state index in [0.717, 1.165) is 26.1 Å². The molecule has 2 fully saturated rings. The number of rotatable bonds is 3. The molecule has 0 radical (unpaired) electrons. The highest BCUT2D eigenvalue weighted by molar-refractivity contribution is 7.91. The predicted octanol–water partition coefficient (Wildman–Crippen LogP) is 0.105. The molecule has 2 heterocycles. The normalized spacial score (nSPS) is 38.3. The summed E-state index contributed by atoms with van der Waals surface area (Å²) in [6, 6.07) is 0.238. The molecule has 0 spiro atoms. The minimum atomic E-state index is -2.75. The smallest absolute Gasteiger partial charge is 0.151 e. The van der Waals surface area contributed by atoms with Gasteiger partial charge >= 0.3 is 0 Å². The number of nitrogens with zero attached hydrogens (tertiary/aromatic N) is 1. The van der Waals surface area contributed by atoms with Crippen LogP contribution in [0.1, 0.15) is 19.8 Å². The standard InChI is InChI=1S/C11H22N2O2S/c1-11(4-5-12-8-11)9-13(2)10-3-6-16(14,15)7-10/h10,12H,3-9H2,1-2H3. The minimum absolute atomic E-state index is 0.238. The Morgan fingerprint density at radius 2 is 2.25 bits per heavy atom. The summed E-state index contributed by atoms with van der Waals surface area (Å²) in [4.78, 5) is 2.25. The maximum absolute atomic E-state index is 11.4. The zero-order chi connectivity index (χ0) is 11.8. The lowest BCUT2D eigenvalue weighted by Crippen LogP contribution is -2.41. The van der Waals surface area contributed by atoms with E-state index in [9.17, 15) is 8.42 Å². The Kier molecular flexibility index (Phi) is 3.29. The van der Waals surface area contributed by atoms with Crippen LogP contribution < -0.4 is 5.32 Å². The van der Waals surface area contributed by atoms with E-state index >= 15 is 0 Å². The van der Waals surface area contributed by atoms with Gasteiger partial charge in [0.25, 0.3) is 0 Å². The van der Waals surface area contributed by atoms with Crippen molar-refractivity contribution in [3.63, 3.8) is 0 Å². The van der Waals surface area contributed by atoms with Gasteiger partial charge in [0.15, 0.2) is 9.84 Å². The first-order valence-electron chi connectivity index (χ1n) is 6.02. The second-order valence-corrected chi connectivity index (χ2v) is 7.94. The van der Waals surface area contributed by atoms with Gasteiger partial charge in [-0.25, -0.2) is 8.42 Å². The molecule has 0 amide bonds. The molecule has 2 saturated heterocycles. The molecule has 4 nitrogen and oxygen atoms in total. The lowest BCUT2D eigenvalue weighted by atomic mass is 9.89. The van der Waals surface area contributed by atoms with Crippen molar-refractivity contribution >= 4 is 9.84 Å². The van der Waals surface area contributed by atoms with Crippen molar-refractivity contribution in [3.8, 4) is 0 Å². The summed E-state index contributed by atoms with van der Waals surface area (Å²) < 4.78 is 22.8. The largest absolute Gasteiger partial charge is 0.316 e. The van der Waals surface area contributed by atoms with Crippen LogP contribution >= 0.6 is 0 Å². The number of nitrogens with one attached hydrogen (secondary N) is 1. The molecule has 2 aliphatic rings. The lowest BCUT2D eigenvalue weighted by molar-refractivity contribution is 0.171. The molecular formula is C11H22N2O2S. The second-order valence-electron chi connectivity index (χ2n) is 5.71. The monoisotopic (exact) mass is 246 g/mol. The maximum Gasteiger partial charge on any atom is 0.151 e. The van der Waals surface area contributed by atoms with E-state index in [1.807, 2.05) is 0 Å². The van der Waals surface area contributed by atoms with E-state index < -0.39 is 9.84 Å². The zero-order valence-corrected chi connectivity index (χ0v) is 11.0. The van der Waals surface area contributed by atoms with E-state index in [1.165, 1.54) is 6.42 Å². The number of hydrogen-bond acceptors (Lipinski definition) is 4. The van der Waals surface area contributed by atoms with Crippen LogP contribution in [0.5, 0.6) is 0 Å². The van der Waals surface area contributed by atoms with Gasteiger partial charge in [0, 0.05) is 19.1 Å². The molecule has 1 N–H and O–H groups in total. The summed E-state index contributed by atoms with van der Waals surface area (Å²) in [5, 5.41) is 3.38. The summed E-state index contributed by atoms with van der Waals surface area (Å²) in [5.74, 6) is 0.726. The summed E-state index contributed by atoms with van der Waals surface area (Å²) >= 11 is 0. The van der Waals surface area contributed by atoms with Crippen molar-refractivity contribution in [2.45, 2.75) is 25.8 Å². The first kappa shape index (κ1) is 12.3. The topological polar surface area (TPSA) is 49.4 Å². The SMILES string of the molecule is CN(CC1(C)CCNC1)C1CCS(=O)(=O)C1. The molecular weight excluding hydrogens is 224 g/mol. The van der Waals surface area contributed by atoms with Crippen molar-refractivity contribution in [1.29, 1.82) is 0 Å². The summed E-state index contributed by atoms with van der Waals surface area (Å²) in [5.41, 5.74) is 0.321. The molecule has 2 rings (SSSR count). The van der Waals surface area contributed by atoms with Gasteiger partial charge in [-0.2, -0.15) is 0 Å². The average Bonchev–Trinajstić information content (AvgIpc) is 2.72. The van der Waals surface area contributed by atoms with Crippen LogP contribution in [-0.2, 0) is 9.84 Å². The molecule has 16 heavy (non-hydrogen) atoms.